The van der Waals surface area contributed by atoms with Crippen LogP contribution in [-0.2, 0) is 9.59 Å². The van der Waals surface area contributed by atoms with Gasteiger partial charge in [0.25, 0.3) is 11.7 Å². The van der Waals surface area contributed by atoms with Crippen LogP contribution in [0.25, 0.3) is 5.76 Å². The third-order valence-electron chi connectivity index (χ3n) is 6.11. The number of carbonyl (C=O) groups excluding carboxylic acids is 2. The van der Waals surface area contributed by atoms with Crippen molar-refractivity contribution in [3.63, 3.8) is 0 Å². The predicted octanol–water partition coefficient (Wildman–Crippen LogP) is 5.87. The molecule has 1 atom stereocenters. The molecular weight excluding hydrogens is 430 g/mol. The molecule has 1 aliphatic heterocycles. The average molecular weight is 460 g/mol. The number of Topliss-reactive ketones (excluding diaryl/α,β-unsaturated/α-hetero) is 1. The Labute approximate surface area is 199 Å². The van der Waals surface area contributed by atoms with Crippen LogP contribution in [0.3, 0.4) is 0 Å². The lowest BCUT2D eigenvalue weighted by molar-refractivity contribution is -0.132. The summed E-state index contributed by atoms with van der Waals surface area (Å²) in [6.07, 6.45) is 1.49. The van der Waals surface area contributed by atoms with Crippen molar-refractivity contribution in [2.75, 3.05) is 11.5 Å². The van der Waals surface area contributed by atoms with Gasteiger partial charge >= 0.3 is 0 Å². The smallest absolute Gasteiger partial charge is 0.300 e. The Kier molecular flexibility index (Phi) is 6.33. The third kappa shape index (κ3) is 4.12. The molecule has 6 nitrogen and oxygen atoms in total. The van der Waals surface area contributed by atoms with E-state index in [9.17, 15) is 14.7 Å². The molecule has 176 valence electrons. The lowest BCUT2D eigenvalue weighted by Gasteiger charge is -2.25. The molecule has 1 N–H and O–H groups in total. The van der Waals surface area contributed by atoms with Crippen LogP contribution >= 0.6 is 0 Å². The number of amides is 1. The second-order valence-corrected chi connectivity index (χ2v) is 9.09. The monoisotopic (exact) mass is 459 g/mol. The van der Waals surface area contributed by atoms with Gasteiger partial charge in [-0.2, -0.15) is 0 Å². The molecule has 2 heterocycles. The van der Waals surface area contributed by atoms with E-state index in [1.54, 1.807) is 36.4 Å². The van der Waals surface area contributed by atoms with Crippen LogP contribution in [0.1, 0.15) is 47.9 Å². The minimum absolute atomic E-state index is 0.00361. The Bertz CT molecular complexity index is 1270. The summed E-state index contributed by atoms with van der Waals surface area (Å²) < 4.78 is 11.5. The first-order valence-electron chi connectivity index (χ1n) is 11.3. The zero-order valence-electron chi connectivity index (χ0n) is 20.1. The predicted molar refractivity (Wildman–Crippen MR) is 131 cm³/mol. The van der Waals surface area contributed by atoms with Gasteiger partial charge in [-0.1, -0.05) is 26.0 Å². The van der Waals surface area contributed by atoms with Crippen molar-refractivity contribution in [3.8, 4) is 5.75 Å². The quantitative estimate of drug-likeness (QED) is 0.283. The topological polar surface area (TPSA) is 80.0 Å². The number of aliphatic hydroxyl groups excluding tert-OH is 1. The van der Waals surface area contributed by atoms with E-state index in [1.807, 2.05) is 32.9 Å². The molecule has 2 aromatic carbocycles. The maximum Gasteiger partial charge on any atom is 0.300 e. The molecule has 4 rings (SSSR count). The Morgan fingerprint density at radius 2 is 1.82 bits per heavy atom. The number of anilines is 1. The standard InChI is InChI=1S/C28H29NO5/c1-16(2)15-34-22-12-11-20(14-18(22)4)26(30)24-25(23-10-7-13-33-23)29(28(32)27(24)31)21-9-6-8-17(3)19(21)5/h6-14,16,25,30H,15H2,1-5H3/b26-24-. The Morgan fingerprint density at radius 3 is 2.47 bits per heavy atom. The molecule has 0 spiro atoms. The molecule has 1 amide bonds. The van der Waals surface area contributed by atoms with E-state index < -0.39 is 17.7 Å². The Balaban J connectivity index is 1.84. The van der Waals surface area contributed by atoms with E-state index in [1.165, 1.54) is 11.2 Å². The lowest BCUT2D eigenvalue weighted by Crippen LogP contribution is -2.30. The highest BCUT2D eigenvalue weighted by Crippen LogP contribution is 2.43. The number of carbonyl (C=O) groups is 2. The molecule has 34 heavy (non-hydrogen) atoms. The van der Waals surface area contributed by atoms with Gasteiger partial charge < -0.3 is 14.3 Å². The first-order chi connectivity index (χ1) is 16.2. The molecule has 1 fully saturated rings. The van der Waals surface area contributed by atoms with Gasteiger partial charge in [0.2, 0.25) is 0 Å². The molecular formula is C28H29NO5. The molecule has 6 heteroatoms. The maximum atomic E-state index is 13.3. The van der Waals surface area contributed by atoms with Gasteiger partial charge in [0.15, 0.2) is 0 Å². The summed E-state index contributed by atoms with van der Waals surface area (Å²) in [5, 5.41) is 11.3. The molecule has 0 aliphatic carbocycles. The number of hydrogen-bond acceptors (Lipinski definition) is 5. The number of hydrogen-bond donors (Lipinski definition) is 1. The number of rotatable bonds is 6. The van der Waals surface area contributed by atoms with Crippen LogP contribution in [0.4, 0.5) is 5.69 Å². The van der Waals surface area contributed by atoms with Crippen molar-refractivity contribution in [1.29, 1.82) is 0 Å². The number of aryl methyl sites for hydroxylation is 2. The zero-order valence-corrected chi connectivity index (χ0v) is 20.1. The van der Waals surface area contributed by atoms with Crippen LogP contribution < -0.4 is 9.64 Å². The van der Waals surface area contributed by atoms with E-state index >= 15 is 0 Å². The first-order valence-corrected chi connectivity index (χ1v) is 11.3. The van der Waals surface area contributed by atoms with Crippen LogP contribution in [0, 0.1) is 26.7 Å². The molecule has 0 saturated carbocycles. The zero-order chi connectivity index (χ0) is 24.6. The fourth-order valence-corrected chi connectivity index (χ4v) is 4.16. The first kappa shape index (κ1) is 23.4. The van der Waals surface area contributed by atoms with Gasteiger partial charge in [0, 0.05) is 11.3 Å². The van der Waals surface area contributed by atoms with E-state index in [4.69, 9.17) is 9.15 Å². The summed E-state index contributed by atoms with van der Waals surface area (Å²) in [5.74, 6) is -0.213. The molecule has 0 bridgehead atoms. The van der Waals surface area contributed by atoms with E-state index in [0.29, 0.717) is 35.3 Å². The van der Waals surface area contributed by atoms with Crippen molar-refractivity contribution in [1.82, 2.24) is 0 Å². The van der Waals surface area contributed by atoms with Crippen molar-refractivity contribution in [3.05, 3.63) is 88.4 Å². The van der Waals surface area contributed by atoms with Crippen molar-refractivity contribution in [2.45, 2.75) is 40.7 Å². The van der Waals surface area contributed by atoms with Crippen LogP contribution in [0.5, 0.6) is 5.75 Å². The average Bonchev–Trinajstić information content (AvgIpc) is 3.41. The maximum absolute atomic E-state index is 13.3. The van der Waals surface area contributed by atoms with Crippen LogP contribution in [0.15, 0.2) is 64.8 Å². The number of aliphatic hydroxyl groups is 1. The minimum atomic E-state index is -0.882. The molecule has 0 radical (unpaired) electrons. The molecule has 1 aliphatic rings. The number of furan rings is 1. The minimum Gasteiger partial charge on any atom is -0.507 e. The summed E-state index contributed by atoms with van der Waals surface area (Å²) in [5.41, 5.74) is 3.73. The fraction of sp³-hybridized carbons (Fsp3) is 0.286. The Morgan fingerprint density at radius 1 is 1.06 bits per heavy atom. The van der Waals surface area contributed by atoms with E-state index in [2.05, 4.69) is 13.8 Å². The lowest BCUT2D eigenvalue weighted by atomic mass is 9.97. The van der Waals surface area contributed by atoms with Gasteiger partial charge in [-0.25, -0.2) is 0 Å². The summed E-state index contributed by atoms with van der Waals surface area (Å²) in [4.78, 5) is 27.9. The molecule has 3 aromatic rings. The van der Waals surface area contributed by atoms with E-state index in [-0.39, 0.29) is 11.3 Å². The van der Waals surface area contributed by atoms with Gasteiger partial charge in [-0.05, 0) is 79.8 Å². The molecule has 1 unspecified atom stereocenters. The molecule has 1 aromatic heterocycles. The fourth-order valence-electron chi connectivity index (χ4n) is 4.16. The second-order valence-electron chi connectivity index (χ2n) is 9.09. The highest BCUT2D eigenvalue weighted by atomic mass is 16.5. The van der Waals surface area contributed by atoms with Gasteiger partial charge in [0.05, 0.1) is 18.4 Å². The summed E-state index contributed by atoms with van der Waals surface area (Å²) in [6.45, 7) is 10.4. The second kappa shape index (κ2) is 9.21. The highest BCUT2D eigenvalue weighted by Gasteiger charge is 2.48. The summed E-state index contributed by atoms with van der Waals surface area (Å²) >= 11 is 0. The number of ketones is 1. The number of benzene rings is 2. The Hall–Kier alpha value is -3.80. The van der Waals surface area contributed by atoms with Crippen LogP contribution in [-0.4, -0.2) is 23.4 Å². The largest absolute Gasteiger partial charge is 0.507 e. The summed E-state index contributed by atoms with van der Waals surface area (Å²) in [7, 11) is 0. The number of ether oxygens (including phenoxy) is 1. The van der Waals surface area contributed by atoms with Gasteiger partial charge in [-0.15, -0.1) is 0 Å². The SMILES string of the molecule is Cc1cc(/C(O)=C2/C(=O)C(=O)N(c3cccc(C)c3C)C2c2ccco2)ccc1OCC(C)C. The molecule has 1 saturated heterocycles. The van der Waals surface area contributed by atoms with Crippen molar-refractivity contribution < 1.29 is 23.8 Å². The highest BCUT2D eigenvalue weighted by molar-refractivity contribution is 6.51. The van der Waals surface area contributed by atoms with Gasteiger partial charge in [0.1, 0.15) is 23.3 Å². The van der Waals surface area contributed by atoms with Crippen molar-refractivity contribution in [2.24, 2.45) is 5.92 Å². The normalized spacial score (nSPS) is 17.6. The number of nitrogens with zero attached hydrogens (tertiary/aromatic N) is 1. The van der Waals surface area contributed by atoms with Crippen LogP contribution in [0.2, 0.25) is 0 Å². The summed E-state index contributed by atoms with van der Waals surface area (Å²) in [6, 6.07) is 13.3. The van der Waals surface area contributed by atoms with E-state index in [0.717, 1.165) is 16.7 Å². The van der Waals surface area contributed by atoms with Gasteiger partial charge in [-0.3, -0.25) is 14.5 Å². The third-order valence-corrected chi connectivity index (χ3v) is 6.11. The van der Waals surface area contributed by atoms with Crippen molar-refractivity contribution >= 4 is 23.1 Å².